The monoisotopic (exact) mass is 429 g/mol. The van der Waals surface area contributed by atoms with E-state index in [1.807, 2.05) is 4.90 Å². The van der Waals surface area contributed by atoms with Gasteiger partial charge in [-0.25, -0.2) is 4.79 Å². The van der Waals surface area contributed by atoms with E-state index in [1.54, 1.807) is 0 Å². The van der Waals surface area contributed by atoms with Gasteiger partial charge in [0, 0.05) is 32.2 Å². The normalized spacial score (nSPS) is 16.9. The number of hydrogen-bond acceptors (Lipinski definition) is 6. The van der Waals surface area contributed by atoms with Gasteiger partial charge in [0.1, 0.15) is 0 Å². The van der Waals surface area contributed by atoms with Crippen LogP contribution < -0.4 is 10.5 Å². The Labute approximate surface area is 169 Å². The molecular formula is C19H22F3N3O3S. The van der Waals surface area contributed by atoms with E-state index in [-0.39, 0.29) is 10.1 Å². The summed E-state index contributed by atoms with van der Waals surface area (Å²) in [4.78, 5) is 32.2. The highest BCUT2D eigenvalue weighted by Crippen LogP contribution is 2.35. The fraction of sp³-hybridized carbons (Fsp3) is 0.526. The lowest BCUT2D eigenvalue weighted by Crippen LogP contribution is -2.49. The molecule has 1 aliphatic heterocycles. The number of aromatic carboxylic acids is 1. The maximum Gasteiger partial charge on any atom is 0.416 e. The zero-order valence-corrected chi connectivity index (χ0v) is 16.9. The van der Waals surface area contributed by atoms with Crippen molar-refractivity contribution in [3.8, 4) is 0 Å². The van der Waals surface area contributed by atoms with Crippen LogP contribution in [0.2, 0.25) is 0 Å². The number of alkyl halides is 3. The average molecular weight is 429 g/mol. The van der Waals surface area contributed by atoms with Crippen LogP contribution in [0.3, 0.4) is 0 Å². The van der Waals surface area contributed by atoms with Gasteiger partial charge in [0.15, 0.2) is 5.13 Å². The predicted octanol–water partition coefficient (Wildman–Crippen LogP) is 3.68. The molecule has 0 amide bonds. The molecule has 0 radical (unpaired) electrons. The summed E-state index contributed by atoms with van der Waals surface area (Å²) in [5, 5.41) is 9.43. The smallest absolute Gasteiger partial charge is 0.416 e. The molecule has 1 atom stereocenters. The maximum absolute atomic E-state index is 13.1. The summed E-state index contributed by atoms with van der Waals surface area (Å²) in [7, 11) is 0. The Kier molecular flexibility index (Phi) is 6.13. The third-order valence-corrected chi connectivity index (χ3v) is 6.36. The minimum absolute atomic E-state index is 0.0160. The Hall–Kier alpha value is -2.20. The number of anilines is 1. The number of carboxylic acids is 1. The van der Waals surface area contributed by atoms with Crippen LogP contribution in [0.1, 0.15) is 42.6 Å². The second-order valence-electron chi connectivity index (χ2n) is 7.17. The first-order valence-corrected chi connectivity index (χ1v) is 10.2. The molecule has 0 saturated carbocycles. The number of halogens is 3. The van der Waals surface area contributed by atoms with Crippen molar-refractivity contribution >= 4 is 32.5 Å². The maximum atomic E-state index is 13.1. The Morgan fingerprint density at radius 1 is 1.28 bits per heavy atom. The van der Waals surface area contributed by atoms with Gasteiger partial charge in [0.25, 0.3) is 5.56 Å². The fourth-order valence-electron chi connectivity index (χ4n) is 3.57. The van der Waals surface area contributed by atoms with Gasteiger partial charge in [0.2, 0.25) is 0 Å². The average Bonchev–Trinajstić information content (AvgIpc) is 2.66. The summed E-state index contributed by atoms with van der Waals surface area (Å²) in [6.07, 6.45) is -2.57. The van der Waals surface area contributed by atoms with E-state index in [0.717, 1.165) is 37.3 Å². The highest BCUT2D eigenvalue weighted by atomic mass is 32.1. The van der Waals surface area contributed by atoms with E-state index >= 15 is 0 Å². The van der Waals surface area contributed by atoms with Crippen LogP contribution in [0.25, 0.3) is 10.1 Å². The Morgan fingerprint density at radius 3 is 2.48 bits per heavy atom. The Balaban J connectivity index is 1.97. The highest BCUT2D eigenvalue weighted by Gasteiger charge is 2.33. The highest BCUT2D eigenvalue weighted by molar-refractivity contribution is 7.22. The molecule has 2 aromatic rings. The van der Waals surface area contributed by atoms with Crippen LogP contribution in [-0.2, 0) is 6.18 Å². The van der Waals surface area contributed by atoms with E-state index in [0.29, 0.717) is 36.4 Å². The van der Waals surface area contributed by atoms with Crippen LogP contribution in [0.5, 0.6) is 0 Å². The number of nitrogens with zero attached hydrogens (tertiary/aromatic N) is 3. The van der Waals surface area contributed by atoms with E-state index in [4.69, 9.17) is 0 Å². The van der Waals surface area contributed by atoms with Gasteiger partial charge in [0.05, 0.1) is 21.2 Å². The van der Waals surface area contributed by atoms with Crippen molar-refractivity contribution in [3.05, 3.63) is 33.6 Å². The summed E-state index contributed by atoms with van der Waals surface area (Å²) < 4.78 is 39.3. The Morgan fingerprint density at radius 2 is 1.93 bits per heavy atom. The predicted molar refractivity (Wildman–Crippen MR) is 106 cm³/mol. The molecule has 1 unspecified atom stereocenters. The number of fused-ring (bicyclic) bond motifs is 1. The van der Waals surface area contributed by atoms with Crippen LogP contribution in [0, 0.1) is 0 Å². The van der Waals surface area contributed by atoms with Crippen molar-refractivity contribution in [1.29, 1.82) is 0 Å². The molecule has 0 spiro atoms. The lowest BCUT2D eigenvalue weighted by atomic mass is 10.1. The lowest BCUT2D eigenvalue weighted by molar-refractivity contribution is -0.137. The third-order valence-electron chi connectivity index (χ3n) is 5.18. The zero-order chi connectivity index (χ0) is 21.3. The molecule has 10 heteroatoms. The van der Waals surface area contributed by atoms with Crippen molar-refractivity contribution in [1.82, 2.24) is 9.88 Å². The van der Waals surface area contributed by atoms with Crippen LogP contribution in [-0.4, -0.2) is 53.2 Å². The second kappa shape index (κ2) is 8.27. The summed E-state index contributed by atoms with van der Waals surface area (Å²) in [6, 6.07) is 1.71. The summed E-state index contributed by atoms with van der Waals surface area (Å²) in [5.74, 6) is -1.51. The first-order valence-electron chi connectivity index (χ1n) is 9.40. The molecular weight excluding hydrogens is 407 g/mol. The molecule has 1 N–H and O–H groups in total. The molecule has 2 heterocycles. The molecule has 1 aromatic heterocycles. The van der Waals surface area contributed by atoms with Gasteiger partial charge >= 0.3 is 12.1 Å². The number of aromatic nitrogens is 1. The second-order valence-corrected chi connectivity index (χ2v) is 8.14. The van der Waals surface area contributed by atoms with Gasteiger partial charge in [-0.05, 0) is 25.5 Å². The zero-order valence-electron chi connectivity index (χ0n) is 16.1. The van der Waals surface area contributed by atoms with Crippen molar-refractivity contribution in [2.75, 3.05) is 31.1 Å². The van der Waals surface area contributed by atoms with Crippen molar-refractivity contribution in [2.45, 2.75) is 38.9 Å². The van der Waals surface area contributed by atoms with E-state index in [2.05, 4.69) is 23.7 Å². The van der Waals surface area contributed by atoms with Crippen molar-refractivity contribution < 1.29 is 23.1 Å². The van der Waals surface area contributed by atoms with Gasteiger partial charge in [-0.3, -0.25) is 9.69 Å². The van der Waals surface area contributed by atoms with E-state index in [9.17, 15) is 27.9 Å². The van der Waals surface area contributed by atoms with Crippen LogP contribution in [0.4, 0.5) is 18.3 Å². The topological polar surface area (TPSA) is 73.7 Å². The standard InChI is InChI=1S/C19H22F3N3O3S/c1-3-4-11(2)24-5-7-25(8-6-24)18-23-16(26)13-9-12(19(20,21)22)10-14(17(27)28)15(13)29-18/h9-11H,3-8H2,1-2H3,(H,27,28). The molecule has 1 aromatic carbocycles. The molecule has 1 fully saturated rings. The first-order chi connectivity index (χ1) is 13.6. The van der Waals surface area contributed by atoms with Crippen molar-refractivity contribution in [2.24, 2.45) is 0 Å². The minimum Gasteiger partial charge on any atom is -0.478 e. The van der Waals surface area contributed by atoms with E-state index < -0.39 is 28.8 Å². The first kappa shape index (κ1) is 21.5. The summed E-state index contributed by atoms with van der Waals surface area (Å²) in [6.45, 7) is 7.09. The molecule has 29 heavy (non-hydrogen) atoms. The van der Waals surface area contributed by atoms with Crippen molar-refractivity contribution in [3.63, 3.8) is 0 Å². The van der Waals surface area contributed by atoms with Crippen LogP contribution in [0.15, 0.2) is 16.9 Å². The molecule has 1 aliphatic rings. The number of hydrogen-bond donors (Lipinski definition) is 1. The minimum atomic E-state index is -4.75. The molecule has 158 valence electrons. The lowest BCUT2D eigenvalue weighted by Gasteiger charge is -2.38. The summed E-state index contributed by atoms with van der Waals surface area (Å²) >= 11 is 0.950. The number of rotatable bonds is 5. The van der Waals surface area contributed by atoms with E-state index in [1.165, 1.54) is 0 Å². The number of carbonyl (C=O) groups is 1. The summed E-state index contributed by atoms with van der Waals surface area (Å²) in [5.41, 5.74) is -2.54. The quantitative estimate of drug-likeness (QED) is 0.782. The third kappa shape index (κ3) is 4.53. The molecule has 0 bridgehead atoms. The number of benzene rings is 1. The Bertz CT molecular complexity index is 969. The SMILES string of the molecule is CCCC(C)N1CCN(c2nc(=O)c3cc(C(F)(F)F)cc(C(=O)O)c3s2)CC1. The molecule has 0 aliphatic carbocycles. The fourth-order valence-corrected chi connectivity index (χ4v) is 4.71. The van der Waals surface area contributed by atoms with Crippen LogP contribution >= 0.6 is 11.3 Å². The molecule has 6 nitrogen and oxygen atoms in total. The van der Waals surface area contributed by atoms with Gasteiger partial charge < -0.3 is 10.0 Å². The van der Waals surface area contributed by atoms with Gasteiger partial charge in [-0.1, -0.05) is 24.7 Å². The van der Waals surface area contributed by atoms with Gasteiger partial charge in [-0.15, -0.1) is 0 Å². The number of carboxylic acid groups (broad SMARTS) is 1. The van der Waals surface area contributed by atoms with Gasteiger partial charge in [-0.2, -0.15) is 18.2 Å². The molecule has 1 saturated heterocycles. The molecule has 3 rings (SSSR count). The number of piperazine rings is 1. The largest absolute Gasteiger partial charge is 0.478 e.